The van der Waals surface area contributed by atoms with Crippen LogP contribution in [0.2, 0.25) is 0 Å². The van der Waals surface area contributed by atoms with Crippen molar-refractivity contribution in [1.29, 1.82) is 0 Å². The Morgan fingerprint density at radius 3 is 0.881 bits per heavy atom. The number of rotatable bonds is 12. The van der Waals surface area contributed by atoms with Crippen molar-refractivity contribution in [2.75, 3.05) is 10.6 Å². The number of alkyl halides is 6. The van der Waals surface area contributed by atoms with Gasteiger partial charge in [-0.2, -0.15) is 46.8 Å². The molecule has 0 aliphatic rings. The van der Waals surface area contributed by atoms with E-state index in [0.29, 0.717) is 34.1 Å². The fourth-order valence-corrected chi connectivity index (χ4v) is 5.82. The minimum absolute atomic E-state index is 0.00534. The predicted molar refractivity (Wildman–Crippen MR) is 209 cm³/mol. The van der Waals surface area contributed by atoms with Crippen molar-refractivity contribution in [1.82, 2.24) is 0 Å². The zero-order valence-corrected chi connectivity index (χ0v) is 31.0. The molecule has 16 heteroatoms. The van der Waals surface area contributed by atoms with Crippen LogP contribution < -0.4 is 20.1 Å². The molecular weight excluding hydrogens is 778 g/mol. The van der Waals surface area contributed by atoms with Gasteiger partial charge in [0.2, 0.25) is 17.2 Å². The molecule has 10 nitrogen and oxygen atoms in total. The summed E-state index contributed by atoms with van der Waals surface area (Å²) < 4.78 is 100. The topological polar surface area (TPSA) is 126 Å². The van der Waals surface area contributed by atoms with Crippen LogP contribution in [0, 0.1) is 0 Å². The third-order valence-corrected chi connectivity index (χ3v) is 8.51. The Kier molecular flexibility index (Phi) is 12.2. The zero-order valence-electron chi connectivity index (χ0n) is 31.0. The van der Waals surface area contributed by atoms with Gasteiger partial charge >= 0.3 is 12.4 Å². The first-order valence-electron chi connectivity index (χ1n) is 17.6. The lowest BCUT2D eigenvalue weighted by molar-refractivity contribution is -0.288. The first-order chi connectivity index (χ1) is 28.1. The molecule has 59 heavy (non-hydrogen) atoms. The number of azo groups is 2. The van der Waals surface area contributed by atoms with E-state index in [1.165, 1.54) is 38.1 Å². The van der Waals surface area contributed by atoms with E-state index in [-0.39, 0.29) is 34.8 Å². The van der Waals surface area contributed by atoms with E-state index in [2.05, 4.69) is 31.1 Å². The third-order valence-electron chi connectivity index (χ3n) is 8.51. The van der Waals surface area contributed by atoms with Gasteiger partial charge in [0.1, 0.15) is 23.0 Å². The molecule has 0 fully saturated rings. The van der Waals surface area contributed by atoms with Crippen LogP contribution >= 0.6 is 0 Å². The molecule has 2 amide bonds. The van der Waals surface area contributed by atoms with Crippen LogP contribution in [0.4, 0.5) is 60.5 Å². The van der Waals surface area contributed by atoms with Gasteiger partial charge in [-0.15, -0.1) is 0 Å². The van der Waals surface area contributed by atoms with E-state index < -0.39 is 28.9 Å². The molecule has 6 aromatic carbocycles. The lowest BCUT2D eigenvalue weighted by Gasteiger charge is -2.38. The van der Waals surface area contributed by atoms with Gasteiger partial charge in [0.25, 0.3) is 0 Å². The molecule has 0 unspecified atom stereocenters. The first kappa shape index (κ1) is 41.3. The summed E-state index contributed by atoms with van der Waals surface area (Å²) in [5.41, 5.74) is -3.39. The number of hydrogen-bond donors (Lipinski definition) is 2. The molecule has 0 spiro atoms. The van der Waals surface area contributed by atoms with Gasteiger partial charge in [0.05, 0.1) is 22.7 Å². The summed E-state index contributed by atoms with van der Waals surface area (Å²) in [4.78, 5) is 22.4. The van der Waals surface area contributed by atoms with Crippen LogP contribution in [0.5, 0.6) is 23.0 Å². The maximum atomic E-state index is 14.8. The molecule has 0 aliphatic carbocycles. The van der Waals surface area contributed by atoms with Crippen LogP contribution in [-0.2, 0) is 15.0 Å². The van der Waals surface area contributed by atoms with E-state index in [9.17, 15) is 35.9 Å². The van der Waals surface area contributed by atoms with Crippen LogP contribution in [0.15, 0.2) is 166 Å². The number of halogens is 6. The van der Waals surface area contributed by atoms with Crippen molar-refractivity contribution in [3.8, 4) is 23.0 Å². The first-order valence-corrected chi connectivity index (χ1v) is 17.6. The average molecular weight is 811 g/mol. The second-order valence-electron chi connectivity index (χ2n) is 12.8. The lowest BCUT2D eigenvalue weighted by atomic mass is 9.73. The number of benzene rings is 6. The van der Waals surface area contributed by atoms with Crippen molar-refractivity contribution >= 4 is 45.9 Å². The summed E-state index contributed by atoms with van der Waals surface area (Å²) in [6, 6.07) is 32.7. The number of carbonyl (C=O) groups excluding carboxylic acids is 2. The molecule has 0 aliphatic heterocycles. The zero-order chi connectivity index (χ0) is 42.2. The largest absolute Gasteiger partial charge is 0.457 e. The fourth-order valence-electron chi connectivity index (χ4n) is 5.82. The fraction of sp³-hybridized carbons (Fsp3) is 0.116. The minimum atomic E-state index is -5.80. The third kappa shape index (κ3) is 10.2. The Bertz CT molecular complexity index is 2260. The van der Waals surface area contributed by atoms with E-state index >= 15 is 0 Å². The Morgan fingerprint density at radius 1 is 0.407 bits per heavy atom. The maximum Gasteiger partial charge on any atom is 0.411 e. The molecule has 0 radical (unpaired) electrons. The number of hydrogen-bond acceptors (Lipinski definition) is 8. The molecular formula is C43H32F6N6O4. The highest BCUT2D eigenvalue weighted by atomic mass is 19.4. The molecule has 0 bridgehead atoms. The SMILES string of the molecule is CC(=O)Nc1ccc(N=Nc2ccc(Oc3ccc(C(c4ccc(Oc5ccc(N=Nc6ccc(NC(C)=O)cc6)cc5)cc4)(C(F)(F)F)C(F)(F)F)cc3)cc2)cc1. The summed E-state index contributed by atoms with van der Waals surface area (Å²) in [6.45, 7) is 2.78. The second-order valence-corrected chi connectivity index (χ2v) is 12.8. The van der Waals surface area contributed by atoms with Crippen LogP contribution in [-0.4, -0.2) is 24.2 Å². The Hall–Kier alpha value is -7.36. The molecule has 6 aromatic rings. The van der Waals surface area contributed by atoms with Crippen LogP contribution in [0.3, 0.4) is 0 Å². The van der Waals surface area contributed by atoms with Gasteiger partial charge in [-0.3, -0.25) is 9.59 Å². The number of nitrogens with zero attached hydrogens (tertiary/aromatic N) is 4. The number of carbonyl (C=O) groups is 2. The van der Waals surface area contributed by atoms with Crippen molar-refractivity contribution in [2.24, 2.45) is 20.5 Å². The van der Waals surface area contributed by atoms with Crippen LogP contribution in [0.25, 0.3) is 0 Å². The van der Waals surface area contributed by atoms with Gasteiger partial charge in [0, 0.05) is 25.2 Å². The van der Waals surface area contributed by atoms with Crippen molar-refractivity contribution in [2.45, 2.75) is 31.6 Å². The molecule has 2 N–H and O–H groups in total. The molecule has 0 atom stereocenters. The Labute approximate surface area is 333 Å². The Balaban J connectivity index is 1.13. The summed E-state index contributed by atoms with van der Waals surface area (Å²) in [5.74, 6) is 0.0544. The minimum Gasteiger partial charge on any atom is -0.457 e. The molecule has 0 saturated carbocycles. The number of anilines is 2. The monoisotopic (exact) mass is 810 g/mol. The van der Waals surface area contributed by atoms with Gasteiger partial charge < -0.3 is 20.1 Å². The summed E-state index contributed by atoms with van der Waals surface area (Å²) in [7, 11) is 0. The van der Waals surface area contributed by atoms with E-state index in [0.717, 1.165) is 48.5 Å². The van der Waals surface area contributed by atoms with Crippen LogP contribution in [0.1, 0.15) is 25.0 Å². The average Bonchev–Trinajstić information content (AvgIpc) is 3.18. The van der Waals surface area contributed by atoms with E-state index in [1.807, 2.05) is 0 Å². The van der Waals surface area contributed by atoms with E-state index in [1.54, 1.807) is 72.8 Å². The number of nitrogens with one attached hydrogen (secondary N) is 2. The molecule has 300 valence electrons. The van der Waals surface area contributed by atoms with E-state index in [4.69, 9.17) is 9.47 Å². The number of ether oxygens (including phenoxy) is 2. The summed E-state index contributed by atoms with van der Waals surface area (Å²) in [5, 5.41) is 21.8. The second kappa shape index (κ2) is 17.4. The summed E-state index contributed by atoms with van der Waals surface area (Å²) >= 11 is 0. The molecule has 0 aromatic heterocycles. The Morgan fingerprint density at radius 2 is 0.644 bits per heavy atom. The molecule has 0 saturated heterocycles. The van der Waals surface area contributed by atoms with Gasteiger partial charge in [-0.05, 0) is 132 Å². The van der Waals surface area contributed by atoms with Gasteiger partial charge in [-0.1, -0.05) is 24.3 Å². The maximum absolute atomic E-state index is 14.8. The quantitative estimate of drug-likeness (QED) is 0.0942. The molecule has 0 heterocycles. The lowest BCUT2D eigenvalue weighted by Crippen LogP contribution is -2.54. The standard InChI is InChI=1S/C43H32F6N6O4/c1-27(56)50-31-7-11-33(12-8-31)52-54-35-15-23-39(24-16-35)58-37-19-3-29(4-20-37)41(42(44,45)46,43(47,48)49)30-5-21-38(22-6-30)59-40-25-17-36(18-26-40)55-53-34-13-9-32(10-14-34)51-28(2)57/h3-26H,1-2H3,(H,50,56)(H,51,57). The smallest absolute Gasteiger partial charge is 0.411 e. The predicted octanol–water partition coefficient (Wildman–Crippen LogP) is 13.4. The highest BCUT2D eigenvalue weighted by Crippen LogP contribution is 2.56. The highest BCUT2D eigenvalue weighted by molar-refractivity contribution is 5.89. The van der Waals surface area contributed by atoms with Crippen molar-refractivity contribution in [3.05, 3.63) is 157 Å². The number of amides is 2. The molecule has 6 rings (SSSR count). The van der Waals surface area contributed by atoms with Gasteiger partial charge in [-0.25, -0.2) is 0 Å². The highest BCUT2D eigenvalue weighted by Gasteiger charge is 2.72. The summed E-state index contributed by atoms with van der Waals surface area (Å²) in [6.07, 6.45) is -11.6. The van der Waals surface area contributed by atoms with Gasteiger partial charge in [0.15, 0.2) is 0 Å². The normalized spacial score (nSPS) is 12.1. The van der Waals surface area contributed by atoms with Crippen molar-refractivity contribution in [3.63, 3.8) is 0 Å². The van der Waals surface area contributed by atoms with Crippen molar-refractivity contribution < 1.29 is 45.4 Å².